The van der Waals surface area contributed by atoms with E-state index in [1.807, 2.05) is 18.2 Å². The van der Waals surface area contributed by atoms with Gasteiger partial charge in [0.1, 0.15) is 0 Å². The Hall–Kier alpha value is -1.63. The van der Waals surface area contributed by atoms with E-state index >= 15 is 0 Å². The van der Waals surface area contributed by atoms with Crippen LogP contribution < -0.4 is 11.1 Å². The molecule has 1 aromatic heterocycles. The number of halogens is 1. The van der Waals surface area contributed by atoms with E-state index in [0.717, 1.165) is 24.2 Å². The molecule has 1 aromatic carbocycles. The number of nitrogens with one attached hydrogen (secondary N) is 1. The highest BCUT2D eigenvalue weighted by atomic mass is 127. The lowest BCUT2D eigenvalue weighted by molar-refractivity contribution is 0.984. The van der Waals surface area contributed by atoms with Gasteiger partial charge in [0.25, 0.3) is 0 Å². The topological polar surface area (TPSA) is 63.3 Å². The van der Waals surface area contributed by atoms with Crippen molar-refractivity contribution in [3.05, 3.63) is 59.4 Å². The van der Waals surface area contributed by atoms with E-state index in [9.17, 15) is 0 Å². The first kappa shape index (κ1) is 18.4. The van der Waals surface area contributed by atoms with Crippen molar-refractivity contribution in [2.75, 3.05) is 5.32 Å². The number of rotatable bonds is 5. The van der Waals surface area contributed by atoms with Crippen LogP contribution in [0.25, 0.3) is 0 Å². The van der Waals surface area contributed by atoms with Crippen LogP contribution in [0.4, 0.5) is 5.69 Å². The van der Waals surface area contributed by atoms with Gasteiger partial charge in [-0.15, -0.1) is 24.0 Å². The number of nitrogens with two attached hydrogens (primary N) is 1. The van der Waals surface area contributed by atoms with Crippen LogP contribution in [0, 0.1) is 0 Å². The average Bonchev–Trinajstić information content (AvgIpc) is 2.54. The van der Waals surface area contributed by atoms with Crippen molar-refractivity contribution in [3.8, 4) is 0 Å². The molecule has 0 radical (unpaired) electrons. The molecule has 0 atom stereocenters. The van der Waals surface area contributed by atoms with Gasteiger partial charge >= 0.3 is 0 Å². The minimum atomic E-state index is 0. The normalized spacial score (nSPS) is 10.9. The molecule has 2 aromatic rings. The molecule has 118 valence electrons. The molecule has 5 heteroatoms. The second-order valence-corrected chi connectivity index (χ2v) is 4.81. The Bertz CT molecular complexity index is 589. The predicted octanol–water partition coefficient (Wildman–Crippen LogP) is 3.75. The smallest absolute Gasteiger partial charge is 0.193 e. The van der Waals surface area contributed by atoms with Crippen LogP contribution in [0.3, 0.4) is 0 Å². The highest BCUT2D eigenvalue weighted by molar-refractivity contribution is 14.0. The van der Waals surface area contributed by atoms with Crippen molar-refractivity contribution in [2.24, 2.45) is 10.7 Å². The van der Waals surface area contributed by atoms with Crippen LogP contribution >= 0.6 is 24.0 Å². The van der Waals surface area contributed by atoms with Gasteiger partial charge in [0.2, 0.25) is 0 Å². The lowest BCUT2D eigenvalue weighted by Crippen LogP contribution is -2.24. The maximum absolute atomic E-state index is 6.01. The first-order valence-electron chi connectivity index (χ1n) is 7.32. The zero-order valence-electron chi connectivity index (χ0n) is 13.0. The number of aromatic nitrogens is 1. The largest absolute Gasteiger partial charge is 0.370 e. The summed E-state index contributed by atoms with van der Waals surface area (Å²) in [4.78, 5) is 8.60. The van der Waals surface area contributed by atoms with Crippen LogP contribution in [-0.4, -0.2) is 10.9 Å². The lowest BCUT2D eigenvalue weighted by atomic mass is 10.0. The van der Waals surface area contributed by atoms with Crippen LogP contribution in [-0.2, 0) is 19.4 Å². The molecule has 0 bridgehead atoms. The molecule has 22 heavy (non-hydrogen) atoms. The van der Waals surface area contributed by atoms with Crippen molar-refractivity contribution < 1.29 is 0 Å². The van der Waals surface area contributed by atoms with Gasteiger partial charge < -0.3 is 11.1 Å². The minimum Gasteiger partial charge on any atom is -0.370 e. The summed E-state index contributed by atoms with van der Waals surface area (Å²) in [5.41, 5.74) is 10.5. The Morgan fingerprint density at radius 2 is 1.77 bits per heavy atom. The highest BCUT2D eigenvalue weighted by Gasteiger charge is 2.06. The summed E-state index contributed by atoms with van der Waals surface area (Å²) in [6, 6.07) is 12.1. The quantitative estimate of drug-likeness (QED) is 0.448. The summed E-state index contributed by atoms with van der Waals surface area (Å²) in [7, 11) is 0. The van der Waals surface area contributed by atoms with E-state index in [0.29, 0.717) is 12.5 Å². The fourth-order valence-corrected chi connectivity index (χ4v) is 2.23. The van der Waals surface area contributed by atoms with E-state index in [2.05, 4.69) is 47.3 Å². The standard InChI is InChI=1S/C17H22N4.HI/c1-3-13-8-7-9-14(4-2)16(13)21-17(18)20-12-15-10-5-6-11-19-15;/h5-11H,3-4,12H2,1-2H3,(H3,18,20,21);1H. The van der Waals surface area contributed by atoms with E-state index in [4.69, 9.17) is 5.73 Å². The van der Waals surface area contributed by atoms with Gasteiger partial charge in [-0.05, 0) is 36.1 Å². The molecule has 0 spiro atoms. The van der Waals surface area contributed by atoms with Crippen molar-refractivity contribution >= 4 is 35.6 Å². The van der Waals surface area contributed by atoms with Gasteiger partial charge in [0.05, 0.1) is 12.2 Å². The number of pyridine rings is 1. The Morgan fingerprint density at radius 1 is 1.09 bits per heavy atom. The van der Waals surface area contributed by atoms with Crippen molar-refractivity contribution in [1.82, 2.24) is 4.98 Å². The van der Waals surface area contributed by atoms with Crippen LogP contribution in [0.15, 0.2) is 47.6 Å². The third-order valence-corrected chi connectivity index (χ3v) is 3.39. The maximum atomic E-state index is 6.01. The molecular weight excluding hydrogens is 387 g/mol. The minimum absolute atomic E-state index is 0. The summed E-state index contributed by atoms with van der Waals surface area (Å²) >= 11 is 0. The molecule has 2 rings (SSSR count). The summed E-state index contributed by atoms with van der Waals surface area (Å²) in [5.74, 6) is 0.427. The van der Waals surface area contributed by atoms with Crippen molar-refractivity contribution in [2.45, 2.75) is 33.2 Å². The SMILES string of the molecule is CCc1cccc(CC)c1NC(N)=NCc1ccccn1.I. The van der Waals surface area contributed by atoms with Gasteiger partial charge in [-0.25, -0.2) is 4.99 Å². The number of hydrogen-bond acceptors (Lipinski definition) is 2. The van der Waals surface area contributed by atoms with E-state index in [1.165, 1.54) is 11.1 Å². The predicted molar refractivity (Wildman–Crippen MR) is 104 cm³/mol. The second-order valence-electron chi connectivity index (χ2n) is 4.81. The van der Waals surface area contributed by atoms with Gasteiger partial charge in [0.15, 0.2) is 5.96 Å². The molecule has 0 unspecified atom stereocenters. The molecule has 0 aliphatic rings. The van der Waals surface area contributed by atoms with E-state index in [1.54, 1.807) is 6.20 Å². The molecule has 0 amide bonds. The number of aryl methyl sites for hydroxylation is 2. The molecule has 0 aliphatic carbocycles. The highest BCUT2D eigenvalue weighted by Crippen LogP contribution is 2.22. The molecule has 1 heterocycles. The third-order valence-electron chi connectivity index (χ3n) is 3.39. The van der Waals surface area contributed by atoms with Gasteiger partial charge in [-0.1, -0.05) is 38.1 Å². The number of hydrogen-bond donors (Lipinski definition) is 2. The van der Waals surface area contributed by atoms with Crippen LogP contribution in [0.1, 0.15) is 30.7 Å². The average molecular weight is 410 g/mol. The van der Waals surface area contributed by atoms with Gasteiger partial charge in [0, 0.05) is 11.9 Å². The third kappa shape index (κ3) is 4.98. The lowest BCUT2D eigenvalue weighted by Gasteiger charge is -2.14. The maximum Gasteiger partial charge on any atom is 0.193 e. The van der Waals surface area contributed by atoms with Crippen LogP contribution in [0.5, 0.6) is 0 Å². The summed E-state index contributed by atoms with van der Waals surface area (Å²) in [6.07, 6.45) is 3.68. The Balaban J connectivity index is 0.00000242. The molecule has 4 nitrogen and oxygen atoms in total. The number of aliphatic imine (C=N–C) groups is 1. The zero-order chi connectivity index (χ0) is 15.1. The zero-order valence-corrected chi connectivity index (χ0v) is 15.4. The molecule has 0 saturated heterocycles. The summed E-state index contributed by atoms with van der Waals surface area (Å²) in [6.45, 7) is 4.76. The number of anilines is 1. The molecule has 0 saturated carbocycles. The Labute approximate surface area is 149 Å². The number of nitrogens with zero attached hydrogens (tertiary/aromatic N) is 2. The molecule has 3 N–H and O–H groups in total. The molecule has 0 fully saturated rings. The number of benzene rings is 1. The van der Waals surface area contributed by atoms with E-state index in [-0.39, 0.29) is 24.0 Å². The fourth-order valence-electron chi connectivity index (χ4n) is 2.23. The molecule has 0 aliphatic heterocycles. The van der Waals surface area contributed by atoms with Crippen LogP contribution in [0.2, 0.25) is 0 Å². The Kier molecular flexibility index (Phi) is 7.87. The van der Waals surface area contributed by atoms with Gasteiger partial charge in [-0.3, -0.25) is 4.98 Å². The second kappa shape index (κ2) is 9.40. The van der Waals surface area contributed by atoms with Crippen molar-refractivity contribution in [1.29, 1.82) is 0 Å². The van der Waals surface area contributed by atoms with Crippen molar-refractivity contribution in [3.63, 3.8) is 0 Å². The first-order chi connectivity index (χ1) is 10.2. The Morgan fingerprint density at radius 3 is 2.32 bits per heavy atom. The number of para-hydroxylation sites is 1. The first-order valence-corrected chi connectivity index (χ1v) is 7.32. The monoisotopic (exact) mass is 410 g/mol. The number of guanidine groups is 1. The summed E-state index contributed by atoms with van der Waals surface area (Å²) < 4.78 is 0. The summed E-state index contributed by atoms with van der Waals surface area (Å²) in [5, 5.41) is 3.25. The van der Waals surface area contributed by atoms with Gasteiger partial charge in [-0.2, -0.15) is 0 Å². The fraction of sp³-hybridized carbons (Fsp3) is 0.294. The van der Waals surface area contributed by atoms with E-state index < -0.39 is 0 Å². The molecular formula is C17H23IN4.